The van der Waals surface area contributed by atoms with Crippen molar-refractivity contribution in [2.45, 2.75) is 24.3 Å². The molecular weight excluding hydrogens is 327 g/mol. The van der Waals surface area contributed by atoms with Crippen LogP contribution in [0, 0.1) is 12.7 Å². The second-order valence-corrected chi connectivity index (χ2v) is 8.14. The Balaban J connectivity index is 2.11. The maximum Gasteiger partial charge on any atom is 0.264 e. The van der Waals surface area contributed by atoms with Crippen molar-refractivity contribution in [3.63, 3.8) is 0 Å². The predicted molar refractivity (Wildman–Crippen MR) is 93.2 cm³/mol. The highest BCUT2D eigenvalue weighted by Gasteiger charge is 2.34. The van der Waals surface area contributed by atoms with Crippen molar-refractivity contribution in [3.8, 4) is 0 Å². The molecule has 0 fully saturated rings. The van der Waals surface area contributed by atoms with E-state index in [0.29, 0.717) is 24.2 Å². The Labute approximate surface area is 142 Å². The molecule has 0 aliphatic carbocycles. The standard InChI is InChI=1S/C18H21FN2O2S/c1-13-12-14(19)8-9-18(13)24(22,23)21-11-10-16(20(2)3)15-6-4-5-7-17(15)21/h4-9,12,16H,10-11H2,1-3H3. The van der Waals surface area contributed by atoms with Gasteiger partial charge in [0, 0.05) is 12.6 Å². The lowest BCUT2D eigenvalue weighted by Crippen LogP contribution is -2.39. The van der Waals surface area contributed by atoms with E-state index in [4.69, 9.17) is 0 Å². The SMILES string of the molecule is Cc1cc(F)ccc1S(=O)(=O)N1CCC(N(C)C)c2ccccc21. The van der Waals surface area contributed by atoms with Gasteiger partial charge in [0.05, 0.1) is 10.6 Å². The molecule has 24 heavy (non-hydrogen) atoms. The number of sulfonamides is 1. The zero-order chi connectivity index (χ0) is 17.5. The Morgan fingerprint density at radius 2 is 1.88 bits per heavy atom. The lowest BCUT2D eigenvalue weighted by atomic mass is 9.97. The lowest BCUT2D eigenvalue weighted by Gasteiger charge is -2.37. The van der Waals surface area contributed by atoms with Crippen LogP contribution in [-0.4, -0.2) is 34.0 Å². The van der Waals surface area contributed by atoms with Crippen molar-refractivity contribution in [2.24, 2.45) is 0 Å². The van der Waals surface area contributed by atoms with Crippen LogP contribution in [0.4, 0.5) is 10.1 Å². The average molecular weight is 348 g/mol. The Bertz CT molecular complexity index is 865. The van der Waals surface area contributed by atoms with Crippen LogP contribution in [0.2, 0.25) is 0 Å². The molecule has 1 unspecified atom stereocenters. The molecule has 0 saturated heterocycles. The van der Waals surface area contributed by atoms with Gasteiger partial charge in [-0.15, -0.1) is 0 Å². The summed E-state index contributed by atoms with van der Waals surface area (Å²) in [5, 5.41) is 0. The summed E-state index contributed by atoms with van der Waals surface area (Å²) in [5.41, 5.74) is 2.12. The molecule has 1 aliphatic rings. The minimum atomic E-state index is -3.72. The smallest absolute Gasteiger partial charge is 0.264 e. The molecule has 0 aromatic heterocycles. The number of rotatable bonds is 3. The van der Waals surface area contributed by atoms with E-state index in [0.717, 1.165) is 5.56 Å². The third-order valence-electron chi connectivity index (χ3n) is 4.50. The first-order chi connectivity index (χ1) is 11.3. The number of hydrogen-bond donors (Lipinski definition) is 0. The molecule has 0 bridgehead atoms. The molecule has 0 saturated carbocycles. The van der Waals surface area contributed by atoms with Crippen LogP contribution >= 0.6 is 0 Å². The molecule has 2 aromatic carbocycles. The van der Waals surface area contributed by atoms with Gasteiger partial charge in [-0.25, -0.2) is 12.8 Å². The first-order valence-corrected chi connectivity index (χ1v) is 9.30. The first kappa shape index (κ1) is 16.9. The quantitative estimate of drug-likeness (QED) is 0.854. The molecule has 128 valence electrons. The normalized spacial score (nSPS) is 17.9. The summed E-state index contributed by atoms with van der Waals surface area (Å²) in [4.78, 5) is 2.26. The zero-order valence-corrected chi connectivity index (χ0v) is 14.8. The highest BCUT2D eigenvalue weighted by atomic mass is 32.2. The second-order valence-electron chi connectivity index (χ2n) is 6.31. The van der Waals surface area contributed by atoms with Crippen LogP contribution in [0.5, 0.6) is 0 Å². The summed E-state index contributed by atoms with van der Waals surface area (Å²) in [7, 11) is 0.268. The third-order valence-corrected chi connectivity index (χ3v) is 6.47. The molecule has 1 atom stereocenters. The van der Waals surface area contributed by atoms with Gasteiger partial charge in [0.1, 0.15) is 5.82 Å². The van der Waals surface area contributed by atoms with E-state index < -0.39 is 15.8 Å². The minimum Gasteiger partial charge on any atom is -0.302 e. The molecule has 1 aliphatic heterocycles. The third kappa shape index (κ3) is 2.80. The number of anilines is 1. The highest BCUT2D eigenvalue weighted by Crippen LogP contribution is 2.39. The van der Waals surface area contributed by atoms with Crippen molar-refractivity contribution < 1.29 is 12.8 Å². The van der Waals surface area contributed by atoms with E-state index in [1.54, 1.807) is 6.92 Å². The Kier molecular flexibility index (Phi) is 4.36. The molecular formula is C18H21FN2O2S. The van der Waals surface area contributed by atoms with Crippen molar-refractivity contribution >= 4 is 15.7 Å². The van der Waals surface area contributed by atoms with Crippen molar-refractivity contribution in [1.29, 1.82) is 0 Å². The Morgan fingerprint density at radius 3 is 2.54 bits per heavy atom. The number of halogens is 1. The van der Waals surface area contributed by atoms with Crippen LogP contribution in [0.25, 0.3) is 0 Å². The summed E-state index contributed by atoms with van der Waals surface area (Å²) in [6, 6.07) is 11.6. The number of para-hydroxylation sites is 1. The van der Waals surface area contributed by atoms with Gasteiger partial charge in [-0.3, -0.25) is 4.31 Å². The van der Waals surface area contributed by atoms with Crippen molar-refractivity contribution in [3.05, 3.63) is 59.4 Å². The minimum absolute atomic E-state index is 0.155. The van der Waals surface area contributed by atoms with Crippen LogP contribution < -0.4 is 4.31 Å². The molecule has 0 spiro atoms. The maximum atomic E-state index is 13.3. The van der Waals surface area contributed by atoms with Crippen LogP contribution in [0.1, 0.15) is 23.6 Å². The average Bonchev–Trinajstić information content (AvgIpc) is 2.53. The molecule has 2 aromatic rings. The number of fused-ring (bicyclic) bond motifs is 1. The van der Waals surface area contributed by atoms with Crippen LogP contribution in [-0.2, 0) is 10.0 Å². The molecule has 0 amide bonds. The van der Waals surface area contributed by atoms with Crippen LogP contribution in [0.3, 0.4) is 0 Å². The van der Waals surface area contributed by atoms with Crippen molar-refractivity contribution in [1.82, 2.24) is 4.90 Å². The maximum absolute atomic E-state index is 13.3. The Morgan fingerprint density at radius 1 is 1.17 bits per heavy atom. The summed E-state index contributed by atoms with van der Waals surface area (Å²) >= 11 is 0. The molecule has 0 N–H and O–H groups in total. The second kappa shape index (κ2) is 6.18. The van der Waals surface area contributed by atoms with Gasteiger partial charge in [-0.2, -0.15) is 0 Å². The largest absolute Gasteiger partial charge is 0.302 e. The Hall–Kier alpha value is -1.92. The summed E-state index contributed by atoms with van der Waals surface area (Å²) in [6.07, 6.45) is 0.712. The molecule has 6 heteroatoms. The topological polar surface area (TPSA) is 40.6 Å². The van der Waals surface area contributed by atoms with Crippen LogP contribution in [0.15, 0.2) is 47.4 Å². The van der Waals surface area contributed by atoms with E-state index in [2.05, 4.69) is 4.90 Å². The predicted octanol–water partition coefficient (Wildman–Crippen LogP) is 3.34. The first-order valence-electron chi connectivity index (χ1n) is 7.86. The lowest BCUT2D eigenvalue weighted by molar-refractivity contribution is 0.281. The zero-order valence-electron chi connectivity index (χ0n) is 14.0. The fourth-order valence-electron chi connectivity index (χ4n) is 3.32. The van der Waals surface area contributed by atoms with Gasteiger partial charge in [0.25, 0.3) is 10.0 Å². The van der Waals surface area contributed by atoms with E-state index in [1.807, 2.05) is 38.4 Å². The number of benzene rings is 2. The van der Waals surface area contributed by atoms with E-state index in [9.17, 15) is 12.8 Å². The summed E-state index contributed by atoms with van der Waals surface area (Å²) in [5.74, 6) is -0.432. The summed E-state index contributed by atoms with van der Waals surface area (Å²) < 4.78 is 41.1. The molecule has 4 nitrogen and oxygen atoms in total. The number of hydrogen-bond acceptors (Lipinski definition) is 3. The summed E-state index contributed by atoms with van der Waals surface area (Å²) in [6.45, 7) is 2.02. The van der Waals surface area contributed by atoms with Gasteiger partial charge in [0.15, 0.2) is 0 Å². The van der Waals surface area contributed by atoms with Crippen molar-refractivity contribution in [2.75, 3.05) is 24.9 Å². The highest BCUT2D eigenvalue weighted by molar-refractivity contribution is 7.92. The van der Waals surface area contributed by atoms with Gasteiger partial charge in [-0.05, 0) is 62.8 Å². The fourth-order valence-corrected chi connectivity index (χ4v) is 5.03. The van der Waals surface area contributed by atoms with Gasteiger partial charge in [0.2, 0.25) is 0 Å². The van der Waals surface area contributed by atoms with E-state index in [1.165, 1.54) is 22.5 Å². The van der Waals surface area contributed by atoms with E-state index in [-0.39, 0.29) is 10.9 Å². The number of nitrogens with zero attached hydrogens (tertiary/aromatic N) is 2. The molecule has 0 radical (unpaired) electrons. The molecule has 1 heterocycles. The van der Waals surface area contributed by atoms with Gasteiger partial charge in [-0.1, -0.05) is 18.2 Å². The fraction of sp³-hybridized carbons (Fsp3) is 0.333. The van der Waals surface area contributed by atoms with Gasteiger partial charge >= 0.3 is 0 Å². The van der Waals surface area contributed by atoms with E-state index >= 15 is 0 Å². The van der Waals surface area contributed by atoms with Gasteiger partial charge < -0.3 is 4.90 Å². The number of aryl methyl sites for hydroxylation is 1. The molecule has 3 rings (SSSR count). The monoisotopic (exact) mass is 348 g/mol.